The third kappa shape index (κ3) is 3.29. The predicted molar refractivity (Wildman–Crippen MR) is 111 cm³/mol. The topological polar surface area (TPSA) is 74.5 Å². The highest BCUT2D eigenvalue weighted by atomic mass is 32.2. The Morgan fingerprint density at radius 2 is 1.68 bits per heavy atom. The SMILES string of the molecule is Nn1c(SCc2cn(-c3ccccc3)nc2-c2ccccc2)nnc1C1CC1. The van der Waals surface area contributed by atoms with Crippen LogP contribution in [0.1, 0.15) is 30.1 Å². The number of nitrogens with zero attached hydrogens (tertiary/aromatic N) is 5. The molecule has 140 valence electrons. The third-order valence-electron chi connectivity index (χ3n) is 4.85. The van der Waals surface area contributed by atoms with Gasteiger partial charge in [0.15, 0.2) is 5.82 Å². The number of para-hydroxylation sites is 1. The highest BCUT2D eigenvalue weighted by Crippen LogP contribution is 2.39. The molecule has 0 bridgehead atoms. The molecule has 0 aliphatic heterocycles. The summed E-state index contributed by atoms with van der Waals surface area (Å²) in [4.78, 5) is 0. The molecule has 2 heterocycles. The number of benzene rings is 2. The van der Waals surface area contributed by atoms with Crippen LogP contribution in [0, 0.1) is 0 Å². The highest BCUT2D eigenvalue weighted by molar-refractivity contribution is 7.98. The lowest BCUT2D eigenvalue weighted by molar-refractivity contribution is 0.790. The lowest BCUT2D eigenvalue weighted by Gasteiger charge is -2.03. The van der Waals surface area contributed by atoms with E-state index in [9.17, 15) is 0 Å². The van der Waals surface area contributed by atoms with Gasteiger partial charge in [0.05, 0.1) is 11.4 Å². The van der Waals surface area contributed by atoms with E-state index in [1.165, 1.54) is 0 Å². The van der Waals surface area contributed by atoms with Crippen LogP contribution in [0.5, 0.6) is 0 Å². The van der Waals surface area contributed by atoms with Gasteiger partial charge in [0.1, 0.15) is 0 Å². The predicted octanol–water partition coefficient (Wildman–Crippen LogP) is 4.01. The first-order valence-electron chi connectivity index (χ1n) is 9.32. The van der Waals surface area contributed by atoms with Crippen LogP contribution in [0.3, 0.4) is 0 Å². The smallest absolute Gasteiger partial charge is 0.210 e. The summed E-state index contributed by atoms with van der Waals surface area (Å²) in [5.74, 6) is 8.30. The molecule has 1 fully saturated rings. The van der Waals surface area contributed by atoms with E-state index < -0.39 is 0 Å². The monoisotopic (exact) mass is 388 g/mol. The Bertz CT molecular complexity index is 1080. The van der Waals surface area contributed by atoms with Crippen molar-refractivity contribution in [3.63, 3.8) is 0 Å². The summed E-state index contributed by atoms with van der Waals surface area (Å²) in [6.07, 6.45) is 4.40. The molecule has 0 saturated heterocycles. The number of hydrogen-bond donors (Lipinski definition) is 1. The fraction of sp³-hybridized carbons (Fsp3) is 0.190. The molecule has 1 aliphatic rings. The van der Waals surface area contributed by atoms with Crippen LogP contribution < -0.4 is 5.84 Å². The first kappa shape index (κ1) is 17.1. The van der Waals surface area contributed by atoms with Crippen molar-refractivity contribution in [2.24, 2.45) is 0 Å². The number of thioether (sulfide) groups is 1. The second kappa shape index (κ2) is 7.16. The van der Waals surface area contributed by atoms with Gasteiger partial charge in [0, 0.05) is 29.0 Å². The fourth-order valence-corrected chi connectivity index (χ4v) is 4.04. The summed E-state index contributed by atoms with van der Waals surface area (Å²) in [6, 6.07) is 20.4. The van der Waals surface area contributed by atoms with Crippen molar-refractivity contribution < 1.29 is 0 Å². The molecule has 0 radical (unpaired) electrons. The summed E-state index contributed by atoms with van der Waals surface area (Å²) in [5, 5.41) is 14.2. The van der Waals surface area contributed by atoms with E-state index in [-0.39, 0.29) is 0 Å². The molecule has 0 atom stereocenters. The summed E-state index contributed by atoms with van der Waals surface area (Å²) in [7, 11) is 0. The van der Waals surface area contributed by atoms with Gasteiger partial charge in [-0.1, -0.05) is 60.3 Å². The van der Waals surface area contributed by atoms with Gasteiger partial charge in [0.2, 0.25) is 5.16 Å². The number of nitrogens with two attached hydrogens (primary N) is 1. The van der Waals surface area contributed by atoms with Gasteiger partial charge in [0.25, 0.3) is 0 Å². The average Bonchev–Trinajstić information content (AvgIpc) is 3.39. The molecular formula is C21H20N6S. The van der Waals surface area contributed by atoms with E-state index in [4.69, 9.17) is 10.9 Å². The normalized spacial score (nSPS) is 13.7. The Balaban J connectivity index is 1.46. The summed E-state index contributed by atoms with van der Waals surface area (Å²) in [6.45, 7) is 0. The number of nitrogen functional groups attached to an aromatic ring is 1. The minimum Gasteiger partial charge on any atom is -0.336 e. The van der Waals surface area contributed by atoms with Gasteiger partial charge < -0.3 is 5.84 Å². The van der Waals surface area contributed by atoms with Crippen LogP contribution in [0.15, 0.2) is 72.0 Å². The Morgan fingerprint density at radius 3 is 2.39 bits per heavy atom. The number of hydrogen-bond acceptors (Lipinski definition) is 5. The molecule has 2 aromatic heterocycles. The molecule has 0 unspecified atom stereocenters. The van der Waals surface area contributed by atoms with Crippen molar-refractivity contribution in [3.05, 3.63) is 78.2 Å². The maximum Gasteiger partial charge on any atom is 0.210 e. The van der Waals surface area contributed by atoms with Gasteiger partial charge in [-0.3, -0.25) is 0 Å². The van der Waals surface area contributed by atoms with Gasteiger partial charge >= 0.3 is 0 Å². The Kier molecular flexibility index (Phi) is 4.37. The Hall–Kier alpha value is -3.06. The lowest BCUT2D eigenvalue weighted by Crippen LogP contribution is -2.13. The molecule has 5 rings (SSSR count). The molecule has 4 aromatic rings. The molecule has 2 aromatic carbocycles. The third-order valence-corrected chi connectivity index (χ3v) is 5.84. The van der Waals surface area contributed by atoms with E-state index >= 15 is 0 Å². The summed E-state index contributed by atoms with van der Waals surface area (Å²) in [5.41, 5.74) is 4.24. The van der Waals surface area contributed by atoms with Crippen LogP contribution in [-0.2, 0) is 5.75 Å². The van der Waals surface area contributed by atoms with E-state index in [1.54, 1.807) is 16.4 Å². The zero-order valence-electron chi connectivity index (χ0n) is 15.3. The maximum atomic E-state index is 6.20. The molecular weight excluding hydrogens is 368 g/mol. The van der Waals surface area contributed by atoms with Crippen LogP contribution in [0.25, 0.3) is 16.9 Å². The summed E-state index contributed by atoms with van der Waals surface area (Å²) >= 11 is 1.59. The first-order chi connectivity index (χ1) is 13.8. The minimum absolute atomic E-state index is 0.479. The zero-order valence-corrected chi connectivity index (χ0v) is 16.1. The Morgan fingerprint density at radius 1 is 0.964 bits per heavy atom. The molecule has 1 saturated carbocycles. The van der Waals surface area contributed by atoms with Crippen LogP contribution in [-0.4, -0.2) is 24.7 Å². The summed E-state index contributed by atoms with van der Waals surface area (Å²) < 4.78 is 3.58. The van der Waals surface area contributed by atoms with E-state index in [0.29, 0.717) is 5.92 Å². The standard InChI is InChI=1S/C21H20N6S/c22-27-20(16-11-12-16)23-24-21(27)28-14-17-13-26(18-9-5-2-6-10-18)25-19(17)15-7-3-1-4-8-15/h1-10,13,16H,11-12,14,22H2. The van der Waals surface area contributed by atoms with E-state index in [2.05, 4.69) is 40.7 Å². The molecule has 0 amide bonds. The Labute approximate surface area is 167 Å². The molecule has 6 nitrogen and oxygen atoms in total. The molecule has 28 heavy (non-hydrogen) atoms. The zero-order chi connectivity index (χ0) is 18.9. The van der Waals surface area contributed by atoms with Gasteiger partial charge in [-0.15, -0.1) is 10.2 Å². The second-order valence-corrected chi connectivity index (χ2v) is 7.87. The van der Waals surface area contributed by atoms with Crippen molar-refractivity contribution in [2.45, 2.75) is 29.7 Å². The van der Waals surface area contributed by atoms with Crippen molar-refractivity contribution in [1.82, 2.24) is 24.7 Å². The van der Waals surface area contributed by atoms with Gasteiger partial charge in [-0.05, 0) is 25.0 Å². The average molecular weight is 389 g/mol. The van der Waals surface area contributed by atoms with Crippen LogP contribution in [0.4, 0.5) is 0 Å². The molecule has 0 spiro atoms. The van der Waals surface area contributed by atoms with Crippen LogP contribution >= 0.6 is 11.8 Å². The highest BCUT2D eigenvalue weighted by Gasteiger charge is 2.30. The van der Waals surface area contributed by atoms with Gasteiger partial charge in [-0.2, -0.15) is 5.10 Å². The minimum atomic E-state index is 0.479. The lowest BCUT2D eigenvalue weighted by atomic mass is 10.1. The van der Waals surface area contributed by atoms with Crippen molar-refractivity contribution >= 4 is 11.8 Å². The van der Waals surface area contributed by atoms with E-state index in [0.717, 1.165) is 52.1 Å². The number of aromatic nitrogens is 5. The maximum absolute atomic E-state index is 6.20. The fourth-order valence-electron chi connectivity index (χ4n) is 3.22. The first-order valence-corrected chi connectivity index (χ1v) is 10.3. The molecule has 7 heteroatoms. The van der Waals surface area contributed by atoms with Crippen molar-refractivity contribution in [2.75, 3.05) is 5.84 Å². The number of rotatable bonds is 6. The second-order valence-electron chi connectivity index (χ2n) is 6.92. The molecule has 2 N–H and O–H groups in total. The van der Waals surface area contributed by atoms with Gasteiger partial charge in [-0.25, -0.2) is 9.36 Å². The van der Waals surface area contributed by atoms with Crippen molar-refractivity contribution in [3.8, 4) is 16.9 Å². The van der Waals surface area contributed by atoms with E-state index in [1.807, 2.05) is 41.1 Å². The quantitative estimate of drug-likeness (QED) is 0.399. The molecule has 1 aliphatic carbocycles. The van der Waals surface area contributed by atoms with Crippen LogP contribution in [0.2, 0.25) is 0 Å². The largest absolute Gasteiger partial charge is 0.336 e. The van der Waals surface area contributed by atoms with Crippen molar-refractivity contribution in [1.29, 1.82) is 0 Å².